The van der Waals surface area contributed by atoms with E-state index in [2.05, 4.69) is 39.3 Å². The summed E-state index contributed by atoms with van der Waals surface area (Å²) >= 11 is 0. The molecule has 0 radical (unpaired) electrons. The quantitative estimate of drug-likeness (QED) is 0.517. The maximum absolute atomic E-state index is 14.5. The molecule has 9 heteroatoms. The minimum absolute atomic E-state index is 0.235. The predicted molar refractivity (Wildman–Crippen MR) is 127 cm³/mol. The van der Waals surface area contributed by atoms with Crippen molar-refractivity contribution in [3.05, 3.63) is 53.9 Å². The molecule has 33 heavy (non-hydrogen) atoms. The summed E-state index contributed by atoms with van der Waals surface area (Å²) in [5.74, 6) is -0.818. The molecule has 1 aliphatic rings. The highest BCUT2D eigenvalue weighted by Gasteiger charge is 2.24. The average Bonchev–Trinajstić information content (AvgIpc) is 3.34. The summed E-state index contributed by atoms with van der Waals surface area (Å²) in [6.07, 6.45) is 7.53. The largest absolute Gasteiger partial charge is 0.371 e. The molecule has 5 rings (SSSR count). The minimum atomic E-state index is -0.487. The van der Waals surface area contributed by atoms with Crippen molar-refractivity contribution < 1.29 is 9.18 Å². The summed E-state index contributed by atoms with van der Waals surface area (Å²) in [4.78, 5) is 22.0. The van der Waals surface area contributed by atoms with Crippen LogP contribution in [-0.2, 0) is 7.05 Å². The van der Waals surface area contributed by atoms with Crippen LogP contribution >= 0.6 is 0 Å². The maximum Gasteiger partial charge on any atom is 0.257 e. The Morgan fingerprint density at radius 1 is 1.18 bits per heavy atom. The molecule has 0 spiro atoms. The smallest absolute Gasteiger partial charge is 0.257 e. The van der Waals surface area contributed by atoms with Gasteiger partial charge >= 0.3 is 0 Å². The number of carbonyl (C=O) groups is 1. The Balaban J connectivity index is 1.46. The van der Waals surface area contributed by atoms with Crippen molar-refractivity contribution in [2.24, 2.45) is 7.05 Å². The first-order valence-electron chi connectivity index (χ1n) is 11.1. The molecule has 172 valence electrons. The van der Waals surface area contributed by atoms with Crippen LogP contribution < -0.4 is 10.2 Å². The number of fused-ring (bicyclic) bond motifs is 2. The lowest BCUT2D eigenvalue weighted by Gasteiger charge is -2.36. The lowest BCUT2D eigenvalue weighted by Crippen LogP contribution is -2.42. The van der Waals surface area contributed by atoms with Gasteiger partial charge in [0.25, 0.3) is 5.91 Å². The van der Waals surface area contributed by atoms with E-state index in [-0.39, 0.29) is 11.6 Å². The molecule has 1 aromatic carbocycles. The van der Waals surface area contributed by atoms with Gasteiger partial charge in [-0.15, -0.1) is 0 Å². The van der Waals surface area contributed by atoms with Crippen molar-refractivity contribution in [3.63, 3.8) is 0 Å². The van der Waals surface area contributed by atoms with Gasteiger partial charge in [0, 0.05) is 55.9 Å². The monoisotopic (exact) mass is 449 g/mol. The molecule has 1 saturated heterocycles. The van der Waals surface area contributed by atoms with Crippen LogP contribution in [0.25, 0.3) is 16.6 Å². The van der Waals surface area contributed by atoms with Gasteiger partial charge in [0.15, 0.2) is 11.5 Å². The van der Waals surface area contributed by atoms with E-state index in [1.165, 1.54) is 6.07 Å². The fraction of sp³-hybridized carbons (Fsp3) is 0.375. The van der Waals surface area contributed by atoms with Crippen LogP contribution in [-0.4, -0.2) is 63.2 Å². The van der Waals surface area contributed by atoms with Crippen molar-refractivity contribution in [2.45, 2.75) is 25.8 Å². The first kappa shape index (κ1) is 21.4. The standard InChI is InChI=1S/C24H28FN7O/c1-15-12-32-13-16(11-20(25)23(32)26-15)27-24(33)18-5-6-21(19-14-30(3)28-22(18)19)31(4)17-7-9-29(2)10-8-17/h5-6,11-14,17H,7-10H2,1-4H3,(H,27,33). The average molecular weight is 450 g/mol. The van der Waals surface area contributed by atoms with Crippen LogP contribution in [0.15, 0.2) is 36.8 Å². The summed E-state index contributed by atoms with van der Waals surface area (Å²) < 4.78 is 17.8. The van der Waals surface area contributed by atoms with Crippen molar-refractivity contribution in [3.8, 4) is 0 Å². The second-order valence-corrected chi connectivity index (χ2v) is 8.99. The third-order valence-electron chi connectivity index (χ3n) is 6.51. The predicted octanol–water partition coefficient (Wildman–Crippen LogP) is 3.45. The Kier molecular flexibility index (Phi) is 5.28. The Hall–Kier alpha value is -3.46. The molecule has 4 aromatic rings. The van der Waals surface area contributed by atoms with E-state index >= 15 is 0 Å². The van der Waals surface area contributed by atoms with E-state index in [1.54, 1.807) is 28.4 Å². The van der Waals surface area contributed by atoms with E-state index in [9.17, 15) is 9.18 Å². The first-order valence-corrected chi connectivity index (χ1v) is 11.1. The molecule has 0 unspecified atom stereocenters. The number of piperidine rings is 1. The number of aromatic nitrogens is 4. The molecule has 1 amide bonds. The number of nitrogens with zero attached hydrogens (tertiary/aromatic N) is 6. The summed E-state index contributed by atoms with van der Waals surface area (Å²) in [5.41, 5.74) is 3.45. The second kappa shape index (κ2) is 8.15. The lowest BCUT2D eigenvalue weighted by molar-refractivity contribution is 0.102. The van der Waals surface area contributed by atoms with E-state index in [1.807, 2.05) is 25.4 Å². The number of hydrogen-bond acceptors (Lipinski definition) is 5. The van der Waals surface area contributed by atoms with Gasteiger partial charge in [-0.1, -0.05) is 0 Å². The van der Waals surface area contributed by atoms with Crippen molar-refractivity contribution >= 4 is 33.8 Å². The number of pyridine rings is 1. The van der Waals surface area contributed by atoms with Gasteiger partial charge in [0.2, 0.25) is 0 Å². The normalized spacial score (nSPS) is 15.4. The zero-order valence-electron chi connectivity index (χ0n) is 19.3. The molecule has 0 bridgehead atoms. The Labute approximate surface area is 191 Å². The molecule has 3 aromatic heterocycles. The Morgan fingerprint density at radius 2 is 1.94 bits per heavy atom. The van der Waals surface area contributed by atoms with Gasteiger partial charge in [-0.3, -0.25) is 9.48 Å². The number of rotatable bonds is 4. The number of hydrogen-bond donors (Lipinski definition) is 1. The second-order valence-electron chi connectivity index (χ2n) is 8.99. The molecule has 8 nitrogen and oxygen atoms in total. The highest BCUT2D eigenvalue weighted by atomic mass is 19.1. The number of nitrogens with one attached hydrogen (secondary N) is 1. The molecular weight excluding hydrogens is 421 g/mol. The van der Waals surface area contributed by atoms with Gasteiger partial charge in [-0.2, -0.15) is 5.10 Å². The number of anilines is 2. The number of benzene rings is 1. The molecule has 1 N–H and O–H groups in total. The van der Waals surface area contributed by atoms with Crippen LogP contribution in [0.5, 0.6) is 0 Å². The van der Waals surface area contributed by atoms with E-state index in [0.29, 0.717) is 28.5 Å². The molecule has 1 fully saturated rings. The number of likely N-dealkylation sites (tertiary alicyclic amines) is 1. The zero-order chi connectivity index (χ0) is 23.3. The maximum atomic E-state index is 14.5. The van der Waals surface area contributed by atoms with Crippen LogP contribution in [0, 0.1) is 12.7 Å². The molecule has 1 aliphatic heterocycles. The topological polar surface area (TPSA) is 70.7 Å². The molecular formula is C24H28FN7O. The lowest BCUT2D eigenvalue weighted by atomic mass is 10.0. The Bertz CT molecular complexity index is 1350. The van der Waals surface area contributed by atoms with E-state index in [4.69, 9.17) is 0 Å². The molecule has 0 saturated carbocycles. The van der Waals surface area contributed by atoms with Crippen LogP contribution in [0.2, 0.25) is 0 Å². The third kappa shape index (κ3) is 3.93. The van der Waals surface area contributed by atoms with Gasteiger partial charge in [-0.25, -0.2) is 9.37 Å². The Morgan fingerprint density at radius 3 is 2.70 bits per heavy atom. The highest BCUT2D eigenvalue weighted by Crippen LogP contribution is 2.31. The fourth-order valence-electron chi connectivity index (χ4n) is 4.72. The van der Waals surface area contributed by atoms with Gasteiger partial charge in [0.05, 0.1) is 16.9 Å². The van der Waals surface area contributed by atoms with Gasteiger partial charge < -0.3 is 19.5 Å². The summed E-state index contributed by atoms with van der Waals surface area (Å²) in [5, 5.41) is 8.33. The molecule has 4 heterocycles. The van der Waals surface area contributed by atoms with E-state index in [0.717, 1.165) is 37.0 Å². The minimum Gasteiger partial charge on any atom is -0.371 e. The summed E-state index contributed by atoms with van der Waals surface area (Å²) in [6, 6.07) is 5.53. The third-order valence-corrected chi connectivity index (χ3v) is 6.51. The first-order chi connectivity index (χ1) is 15.8. The number of amides is 1. The fourth-order valence-corrected chi connectivity index (χ4v) is 4.72. The van der Waals surface area contributed by atoms with Gasteiger partial charge in [-0.05, 0) is 52.0 Å². The van der Waals surface area contributed by atoms with Crippen LogP contribution in [0.1, 0.15) is 28.9 Å². The number of carbonyl (C=O) groups excluding carboxylic acids is 1. The van der Waals surface area contributed by atoms with Crippen molar-refractivity contribution in [2.75, 3.05) is 37.4 Å². The highest BCUT2D eigenvalue weighted by molar-refractivity contribution is 6.13. The van der Waals surface area contributed by atoms with Crippen LogP contribution in [0.3, 0.4) is 0 Å². The molecule has 0 aliphatic carbocycles. The van der Waals surface area contributed by atoms with E-state index < -0.39 is 5.82 Å². The summed E-state index contributed by atoms with van der Waals surface area (Å²) in [6.45, 7) is 3.94. The molecule has 0 atom stereocenters. The summed E-state index contributed by atoms with van der Waals surface area (Å²) in [7, 11) is 6.12. The van der Waals surface area contributed by atoms with Crippen molar-refractivity contribution in [1.82, 2.24) is 24.1 Å². The van der Waals surface area contributed by atoms with Gasteiger partial charge in [0.1, 0.15) is 5.52 Å². The van der Waals surface area contributed by atoms with Crippen LogP contribution in [0.4, 0.5) is 15.8 Å². The number of halogens is 1. The zero-order valence-corrected chi connectivity index (χ0v) is 19.3. The number of imidazole rings is 1. The SMILES string of the molecule is Cc1cn2cc(NC(=O)c3ccc(N(C)C4CCN(C)CC4)c4cn(C)nc34)cc(F)c2n1. The number of aryl methyl sites for hydroxylation is 2. The van der Waals surface area contributed by atoms with Crippen molar-refractivity contribution in [1.29, 1.82) is 0 Å².